The zero-order valence-corrected chi connectivity index (χ0v) is 10.3. The third-order valence-corrected chi connectivity index (χ3v) is 2.95. The molecule has 0 aromatic carbocycles. The lowest BCUT2D eigenvalue weighted by molar-refractivity contribution is -0.269. The fourth-order valence-electron chi connectivity index (χ4n) is 1.05. The number of carbonyl (C=O) groups is 2. The van der Waals surface area contributed by atoms with Gasteiger partial charge in [0.2, 0.25) is 0 Å². The highest BCUT2D eigenvalue weighted by atomic mass is 32.1. The standard InChI is InChI=1S/C9H7F5N2O3S/c10-8(11,9(12,13)14)7(19)15-2-1-5-16-4(3-20-5)6(17)18/h3H,1-2H2,(H,15,19)(H,17,18). The molecule has 0 radical (unpaired) electrons. The predicted octanol–water partition coefficient (Wildman–Crippen LogP) is 1.70. The fourth-order valence-corrected chi connectivity index (χ4v) is 1.82. The molecular formula is C9H7F5N2O3S. The summed E-state index contributed by atoms with van der Waals surface area (Å²) in [5.74, 6) is -9.22. The number of halogens is 5. The number of aromatic carboxylic acids is 1. The molecule has 0 bridgehead atoms. The molecule has 1 aromatic rings. The first kappa shape index (κ1) is 16.3. The van der Waals surface area contributed by atoms with Gasteiger partial charge in [0, 0.05) is 18.3 Å². The van der Waals surface area contributed by atoms with Gasteiger partial charge in [-0.3, -0.25) is 4.79 Å². The highest BCUT2D eigenvalue weighted by Gasteiger charge is 2.63. The molecule has 0 unspecified atom stereocenters. The molecule has 1 aromatic heterocycles. The zero-order valence-electron chi connectivity index (χ0n) is 9.50. The van der Waals surface area contributed by atoms with E-state index in [0.717, 1.165) is 11.3 Å². The Kier molecular flexibility index (Phi) is 4.63. The number of nitrogens with zero attached hydrogens (tertiary/aromatic N) is 1. The smallest absolute Gasteiger partial charge is 0.463 e. The molecule has 0 saturated heterocycles. The van der Waals surface area contributed by atoms with E-state index in [4.69, 9.17) is 5.11 Å². The number of carbonyl (C=O) groups excluding carboxylic acids is 1. The molecule has 112 valence electrons. The third kappa shape index (κ3) is 3.62. The molecule has 1 amide bonds. The summed E-state index contributed by atoms with van der Waals surface area (Å²) in [5, 5.41) is 11.4. The van der Waals surface area contributed by atoms with Crippen LogP contribution in [0.25, 0.3) is 0 Å². The van der Waals surface area contributed by atoms with Crippen LogP contribution >= 0.6 is 11.3 Å². The summed E-state index contributed by atoms with van der Waals surface area (Å²) in [6.45, 7) is -0.517. The number of hydrogen-bond acceptors (Lipinski definition) is 4. The molecule has 0 aliphatic heterocycles. The second kappa shape index (κ2) is 5.69. The van der Waals surface area contributed by atoms with Crippen molar-refractivity contribution in [3.8, 4) is 0 Å². The van der Waals surface area contributed by atoms with Gasteiger partial charge >= 0.3 is 18.1 Å². The van der Waals surface area contributed by atoms with Gasteiger partial charge in [-0.1, -0.05) is 0 Å². The van der Waals surface area contributed by atoms with E-state index >= 15 is 0 Å². The van der Waals surface area contributed by atoms with Crippen LogP contribution in [-0.4, -0.2) is 40.6 Å². The maximum absolute atomic E-state index is 12.5. The first-order valence-electron chi connectivity index (χ1n) is 4.96. The fraction of sp³-hybridized carbons (Fsp3) is 0.444. The lowest BCUT2D eigenvalue weighted by Gasteiger charge is -2.18. The van der Waals surface area contributed by atoms with Gasteiger partial charge in [-0.25, -0.2) is 9.78 Å². The minimum atomic E-state index is -5.96. The second-order valence-electron chi connectivity index (χ2n) is 3.51. The molecule has 1 rings (SSSR count). The first-order valence-corrected chi connectivity index (χ1v) is 5.84. The Morgan fingerprint density at radius 3 is 2.35 bits per heavy atom. The van der Waals surface area contributed by atoms with Gasteiger partial charge in [0.05, 0.1) is 5.01 Å². The van der Waals surface area contributed by atoms with Gasteiger partial charge in [-0.05, 0) is 0 Å². The maximum Gasteiger partial charge on any atom is 0.463 e. The number of hydrogen-bond donors (Lipinski definition) is 2. The summed E-state index contributed by atoms with van der Waals surface area (Å²) < 4.78 is 60.6. The summed E-state index contributed by atoms with van der Waals surface area (Å²) in [4.78, 5) is 24.8. The molecule has 1 heterocycles. The Bertz CT molecular complexity index is 514. The van der Waals surface area contributed by atoms with Gasteiger partial charge in [-0.15, -0.1) is 11.3 Å². The van der Waals surface area contributed by atoms with E-state index in [2.05, 4.69) is 4.98 Å². The van der Waals surface area contributed by atoms with E-state index < -0.39 is 30.5 Å². The molecular weight excluding hydrogens is 311 g/mol. The lowest BCUT2D eigenvalue weighted by atomic mass is 10.3. The van der Waals surface area contributed by atoms with Gasteiger partial charge < -0.3 is 10.4 Å². The molecule has 5 nitrogen and oxygen atoms in total. The largest absolute Gasteiger partial charge is 0.476 e. The molecule has 0 aliphatic rings. The Labute approximate surface area is 112 Å². The van der Waals surface area contributed by atoms with Crippen molar-refractivity contribution in [3.63, 3.8) is 0 Å². The van der Waals surface area contributed by atoms with Gasteiger partial charge in [0.15, 0.2) is 5.69 Å². The van der Waals surface area contributed by atoms with E-state index in [0.29, 0.717) is 0 Å². The molecule has 0 atom stereocenters. The Hall–Kier alpha value is -1.78. The van der Waals surface area contributed by atoms with Crippen LogP contribution in [-0.2, 0) is 11.2 Å². The van der Waals surface area contributed by atoms with Crippen molar-refractivity contribution in [1.82, 2.24) is 10.3 Å². The number of amides is 1. The molecule has 2 N–H and O–H groups in total. The SMILES string of the molecule is O=C(O)c1csc(CCNC(=O)C(F)(F)C(F)(F)F)n1. The Morgan fingerprint density at radius 2 is 1.90 bits per heavy atom. The Balaban J connectivity index is 2.52. The van der Waals surface area contributed by atoms with Crippen LogP contribution in [0.4, 0.5) is 22.0 Å². The van der Waals surface area contributed by atoms with Crippen LogP contribution in [0.15, 0.2) is 5.38 Å². The minimum Gasteiger partial charge on any atom is -0.476 e. The molecule has 11 heteroatoms. The minimum absolute atomic E-state index is 0.155. The summed E-state index contributed by atoms with van der Waals surface area (Å²) >= 11 is 0.890. The van der Waals surface area contributed by atoms with Crippen LogP contribution in [0.2, 0.25) is 0 Å². The monoisotopic (exact) mass is 318 g/mol. The highest BCUT2D eigenvalue weighted by molar-refractivity contribution is 7.09. The van der Waals surface area contributed by atoms with Crippen molar-refractivity contribution in [3.05, 3.63) is 16.1 Å². The van der Waals surface area contributed by atoms with Crippen LogP contribution < -0.4 is 5.32 Å². The van der Waals surface area contributed by atoms with Crippen molar-refractivity contribution in [2.75, 3.05) is 6.54 Å². The maximum atomic E-state index is 12.5. The predicted molar refractivity (Wildman–Crippen MR) is 56.8 cm³/mol. The molecule has 0 spiro atoms. The number of carboxylic acids is 1. The van der Waals surface area contributed by atoms with Crippen molar-refractivity contribution < 1.29 is 36.6 Å². The number of rotatable bonds is 5. The number of aromatic nitrogens is 1. The van der Waals surface area contributed by atoms with Gasteiger partial charge in [-0.2, -0.15) is 22.0 Å². The van der Waals surface area contributed by atoms with E-state index in [-0.39, 0.29) is 17.1 Å². The van der Waals surface area contributed by atoms with Gasteiger partial charge in [0.1, 0.15) is 0 Å². The average Bonchev–Trinajstić information content (AvgIpc) is 2.76. The number of carboxylic acid groups (broad SMARTS) is 1. The van der Waals surface area contributed by atoms with Crippen molar-refractivity contribution in [2.45, 2.75) is 18.5 Å². The number of nitrogens with one attached hydrogen (secondary N) is 1. The normalized spacial score (nSPS) is 12.2. The topological polar surface area (TPSA) is 79.3 Å². The Morgan fingerprint density at radius 1 is 1.30 bits per heavy atom. The summed E-state index contributed by atoms with van der Waals surface area (Å²) in [5.41, 5.74) is -0.267. The van der Waals surface area contributed by atoms with E-state index in [9.17, 15) is 31.5 Å². The van der Waals surface area contributed by atoms with Crippen molar-refractivity contribution in [1.29, 1.82) is 0 Å². The summed E-state index contributed by atoms with van der Waals surface area (Å²) in [6, 6.07) is 0. The molecule has 0 aliphatic carbocycles. The van der Waals surface area contributed by atoms with E-state index in [1.54, 1.807) is 0 Å². The molecule has 20 heavy (non-hydrogen) atoms. The van der Waals surface area contributed by atoms with Crippen LogP contribution in [0.3, 0.4) is 0 Å². The van der Waals surface area contributed by atoms with Crippen molar-refractivity contribution in [2.24, 2.45) is 0 Å². The molecule has 0 fully saturated rings. The second-order valence-corrected chi connectivity index (χ2v) is 4.45. The first-order chi connectivity index (χ1) is 9.05. The zero-order chi connectivity index (χ0) is 15.6. The number of alkyl halides is 5. The van der Waals surface area contributed by atoms with E-state index in [1.165, 1.54) is 10.7 Å². The third-order valence-electron chi connectivity index (χ3n) is 2.04. The molecule has 0 saturated carbocycles. The average molecular weight is 318 g/mol. The number of thiazole rings is 1. The van der Waals surface area contributed by atoms with Crippen LogP contribution in [0.1, 0.15) is 15.5 Å². The summed E-state index contributed by atoms with van der Waals surface area (Å²) in [6.07, 6.45) is -6.12. The van der Waals surface area contributed by atoms with Gasteiger partial charge in [0.25, 0.3) is 5.91 Å². The van der Waals surface area contributed by atoms with Crippen molar-refractivity contribution >= 4 is 23.2 Å². The lowest BCUT2D eigenvalue weighted by Crippen LogP contribution is -2.50. The van der Waals surface area contributed by atoms with E-state index in [1.807, 2.05) is 0 Å². The highest BCUT2D eigenvalue weighted by Crippen LogP contribution is 2.35. The van der Waals surface area contributed by atoms with Crippen LogP contribution in [0, 0.1) is 0 Å². The summed E-state index contributed by atoms with van der Waals surface area (Å²) in [7, 11) is 0. The quantitative estimate of drug-likeness (QED) is 0.810. The van der Waals surface area contributed by atoms with Crippen LogP contribution in [0.5, 0.6) is 0 Å².